The lowest BCUT2D eigenvalue weighted by Crippen LogP contribution is -2.00. The molecule has 0 saturated carbocycles. The Kier molecular flexibility index (Phi) is 3.78. The van der Waals surface area contributed by atoms with E-state index in [2.05, 4.69) is 4.99 Å². The lowest BCUT2D eigenvalue weighted by molar-refractivity contribution is -0.118. The fraction of sp³-hybridized carbons (Fsp3) is 0.500. The molecule has 0 aliphatic carbocycles. The van der Waals surface area contributed by atoms with E-state index in [-0.39, 0.29) is 13.0 Å². The van der Waals surface area contributed by atoms with Crippen molar-refractivity contribution < 1.29 is 9.90 Å². The summed E-state index contributed by atoms with van der Waals surface area (Å²) in [4.78, 5) is 13.4. The van der Waals surface area contributed by atoms with Crippen molar-refractivity contribution in [2.45, 2.75) is 6.42 Å². The summed E-state index contributed by atoms with van der Waals surface area (Å²) in [5.41, 5.74) is 4.77. The minimum Gasteiger partial charge on any atom is -0.396 e. The number of carbonyl (C=O) groups is 1. The summed E-state index contributed by atoms with van der Waals surface area (Å²) in [6, 6.07) is 0. The van der Waals surface area contributed by atoms with Crippen molar-refractivity contribution in [1.82, 2.24) is 0 Å². The topological polar surface area (TPSA) is 75.7 Å². The molecule has 4 nitrogen and oxygen atoms in total. The molecule has 0 heterocycles. The van der Waals surface area contributed by atoms with Gasteiger partial charge in [0.25, 0.3) is 0 Å². The number of nitrogens with two attached hydrogens (primary N) is 1. The van der Waals surface area contributed by atoms with Crippen molar-refractivity contribution in [3.8, 4) is 0 Å². The van der Waals surface area contributed by atoms with E-state index in [0.717, 1.165) is 6.34 Å². The predicted octanol–water partition coefficient (Wildman–Crippen LogP) is -1.12. The smallest absolute Gasteiger partial charge is 0.249 e. The Bertz CT molecular complexity index is 100. The van der Waals surface area contributed by atoms with Gasteiger partial charge in [0.05, 0.1) is 19.4 Å². The summed E-state index contributed by atoms with van der Waals surface area (Å²) in [7, 11) is 0. The van der Waals surface area contributed by atoms with Crippen LogP contribution in [0.4, 0.5) is 0 Å². The maximum absolute atomic E-state index is 10.2. The molecule has 0 aliphatic rings. The van der Waals surface area contributed by atoms with Gasteiger partial charge in [-0.15, -0.1) is 0 Å². The quantitative estimate of drug-likeness (QED) is 0.354. The second kappa shape index (κ2) is 4.26. The average Bonchev–Trinajstić information content (AvgIpc) is 1.68. The van der Waals surface area contributed by atoms with Gasteiger partial charge in [-0.25, -0.2) is 4.99 Å². The fourth-order valence-electron chi connectivity index (χ4n) is 0.243. The first-order valence-corrected chi connectivity index (χ1v) is 2.19. The van der Waals surface area contributed by atoms with Gasteiger partial charge in [0.2, 0.25) is 5.91 Å². The first-order valence-electron chi connectivity index (χ1n) is 2.19. The molecule has 8 heavy (non-hydrogen) atoms. The van der Waals surface area contributed by atoms with Crippen LogP contribution in [0.3, 0.4) is 0 Å². The van der Waals surface area contributed by atoms with Crippen LogP contribution in [0.5, 0.6) is 0 Å². The Morgan fingerprint density at radius 3 is 2.88 bits per heavy atom. The number of nitrogens with zero attached hydrogens (tertiary/aromatic N) is 1. The first kappa shape index (κ1) is 7.10. The molecule has 4 heteroatoms. The Morgan fingerprint density at radius 1 is 1.88 bits per heavy atom. The van der Waals surface area contributed by atoms with E-state index in [1.54, 1.807) is 0 Å². The monoisotopic (exact) mass is 116 g/mol. The molecule has 0 radical (unpaired) electrons. The molecule has 0 aromatic heterocycles. The van der Waals surface area contributed by atoms with E-state index < -0.39 is 5.91 Å². The molecule has 3 N–H and O–H groups in total. The third-order valence-corrected chi connectivity index (χ3v) is 0.544. The summed E-state index contributed by atoms with van der Waals surface area (Å²) in [6.45, 7) is -0.170. The Labute approximate surface area is 47.0 Å². The number of amides is 1. The molecule has 0 unspecified atom stereocenters. The molecular weight excluding hydrogens is 108 g/mol. The number of aliphatic imine (C=N–C) groups is 1. The number of rotatable bonds is 2. The molecular formula is C4H8N2O2. The maximum atomic E-state index is 10.2. The molecule has 0 rings (SSSR count). The highest BCUT2D eigenvalue weighted by molar-refractivity contribution is 5.83. The van der Waals surface area contributed by atoms with E-state index in [9.17, 15) is 4.79 Å². The van der Waals surface area contributed by atoms with Gasteiger partial charge >= 0.3 is 0 Å². The average molecular weight is 116 g/mol. The summed E-state index contributed by atoms with van der Waals surface area (Å²) in [5, 5.41) is 8.13. The molecule has 46 valence electrons. The highest BCUT2D eigenvalue weighted by Crippen LogP contribution is 1.78. The van der Waals surface area contributed by atoms with Crippen molar-refractivity contribution in [3.05, 3.63) is 0 Å². The van der Waals surface area contributed by atoms with Gasteiger partial charge in [-0.3, -0.25) is 4.79 Å². The molecule has 0 fully saturated rings. The van der Waals surface area contributed by atoms with E-state index in [1.165, 1.54) is 0 Å². The number of aliphatic hydroxyl groups is 1. The number of carbonyl (C=O) groups excluding carboxylic acids is 1. The standard InChI is InChI=1S/C4H8N2O2/c5-3-6-4(8)1-2-7/h3,7H,1-2H2,(H2,5,6,8). The van der Waals surface area contributed by atoms with Gasteiger partial charge in [0.1, 0.15) is 0 Å². The van der Waals surface area contributed by atoms with Crippen LogP contribution >= 0.6 is 0 Å². The van der Waals surface area contributed by atoms with Crippen LogP contribution in [0, 0.1) is 0 Å². The molecule has 0 aliphatic heterocycles. The van der Waals surface area contributed by atoms with Crippen LogP contribution in [-0.2, 0) is 4.79 Å². The fourth-order valence-corrected chi connectivity index (χ4v) is 0.243. The lowest BCUT2D eigenvalue weighted by atomic mass is 10.4. The zero-order chi connectivity index (χ0) is 6.41. The molecule has 0 aromatic rings. The van der Waals surface area contributed by atoms with Crippen LogP contribution < -0.4 is 5.73 Å². The minimum atomic E-state index is -0.394. The second-order valence-electron chi connectivity index (χ2n) is 1.15. The second-order valence-corrected chi connectivity index (χ2v) is 1.15. The third kappa shape index (κ3) is 3.30. The van der Waals surface area contributed by atoms with Crippen LogP contribution in [-0.4, -0.2) is 24.0 Å². The van der Waals surface area contributed by atoms with Crippen LogP contribution in [0.2, 0.25) is 0 Å². The molecule has 0 atom stereocenters. The van der Waals surface area contributed by atoms with Gasteiger partial charge in [0.15, 0.2) is 0 Å². The largest absolute Gasteiger partial charge is 0.396 e. The summed E-state index contributed by atoms with van der Waals surface area (Å²) < 4.78 is 0. The van der Waals surface area contributed by atoms with Gasteiger partial charge in [-0.1, -0.05) is 0 Å². The Morgan fingerprint density at radius 2 is 2.50 bits per heavy atom. The Balaban J connectivity index is 3.33. The summed E-state index contributed by atoms with van der Waals surface area (Å²) in [6.07, 6.45) is 0.964. The van der Waals surface area contributed by atoms with Crippen LogP contribution in [0.1, 0.15) is 6.42 Å². The first-order chi connectivity index (χ1) is 3.81. The maximum Gasteiger partial charge on any atom is 0.249 e. The summed E-state index contributed by atoms with van der Waals surface area (Å²) in [5.74, 6) is -0.394. The van der Waals surface area contributed by atoms with Crippen molar-refractivity contribution in [1.29, 1.82) is 0 Å². The van der Waals surface area contributed by atoms with Gasteiger partial charge < -0.3 is 10.8 Å². The molecule has 0 bridgehead atoms. The van der Waals surface area contributed by atoms with Gasteiger partial charge in [-0.05, 0) is 0 Å². The van der Waals surface area contributed by atoms with E-state index in [4.69, 9.17) is 10.8 Å². The lowest BCUT2D eigenvalue weighted by Gasteiger charge is -1.84. The Hall–Kier alpha value is -0.900. The number of aliphatic hydroxyl groups excluding tert-OH is 1. The normalized spacial score (nSPS) is 10.1. The highest BCUT2D eigenvalue weighted by Gasteiger charge is 1.91. The highest BCUT2D eigenvalue weighted by atomic mass is 16.3. The molecule has 0 aromatic carbocycles. The number of hydrogen-bond acceptors (Lipinski definition) is 2. The minimum absolute atomic E-state index is 0.0493. The zero-order valence-electron chi connectivity index (χ0n) is 4.37. The SMILES string of the molecule is NC=NC(=O)CCO. The van der Waals surface area contributed by atoms with Crippen LogP contribution in [0.15, 0.2) is 4.99 Å². The predicted molar refractivity (Wildman–Crippen MR) is 29.4 cm³/mol. The van der Waals surface area contributed by atoms with Crippen molar-refractivity contribution in [2.24, 2.45) is 10.7 Å². The third-order valence-electron chi connectivity index (χ3n) is 0.544. The van der Waals surface area contributed by atoms with Crippen LogP contribution in [0.25, 0.3) is 0 Å². The zero-order valence-corrected chi connectivity index (χ0v) is 4.37. The summed E-state index contributed by atoms with van der Waals surface area (Å²) >= 11 is 0. The molecule has 0 spiro atoms. The van der Waals surface area contributed by atoms with E-state index in [0.29, 0.717) is 0 Å². The van der Waals surface area contributed by atoms with Crippen molar-refractivity contribution >= 4 is 12.2 Å². The van der Waals surface area contributed by atoms with Gasteiger partial charge in [-0.2, -0.15) is 0 Å². The molecule has 1 amide bonds. The van der Waals surface area contributed by atoms with Crippen molar-refractivity contribution in [3.63, 3.8) is 0 Å². The van der Waals surface area contributed by atoms with Crippen molar-refractivity contribution in [2.75, 3.05) is 6.61 Å². The van der Waals surface area contributed by atoms with Gasteiger partial charge in [0, 0.05) is 0 Å². The molecule has 0 saturated heterocycles. The number of hydrogen-bond donors (Lipinski definition) is 2. The van der Waals surface area contributed by atoms with E-state index in [1.807, 2.05) is 0 Å². The van der Waals surface area contributed by atoms with E-state index >= 15 is 0 Å².